The Bertz CT molecular complexity index is 567. The minimum Gasteiger partial charge on any atom is -0.481 e. The molecule has 1 atom stereocenters. The van der Waals surface area contributed by atoms with E-state index < -0.39 is 107 Å². The Hall–Kier alpha value is -1.13. The molecule has 0 aliphatic carbocycles. The van der Waals surface area contributed by atoms with E-state index in [-0.39, 0.29) is 0 Å². The molecule has 17 heteroatoms. The fourth-order valence-corrected chi connectivity index (χ4v) is 4.57. The van der Waals surface area contributed by atoms with Crippen LogP contribution in [-0.4, -0.2) is 163 Å². The highest BCUT2D eigenvalue weighted by Crippen LogP contribution is 2.58. The van der Waals surface area contributed by atoms with Gasteiger partial charge in [-0.3, -0.25) is 4.79 Å². The van der Waals surface area contributed by atoms with Crippen molar-refractivity contribution < 1.29 is 85.0 Å². The Kier molecular flexibility index (Phi) is 13.4. The highest BCUT2D eigenvalue weighted by Gasteiger charge is 2.83. The molecule has 0 aliphatic heterocycles. The number of carbonyl (C=O) groups is 1. The molecule has 0 aromatic rings. The van der Waals surface area contributed by atoms with Crippen LogP contribution in [0.5, 0.6) is 0 Å². The maximum atomic E-state index is 13.1. The minimum atomic E-state index is -3.70. The average Bonchev–Trinajstić information content (AvgIpc) is 2.85. The number of hydrogen-bond acceptors (Lipinski definition) is 16. The lowest BCUT2D eigenvalue weighted by atomic mass is 9.48. The molecule has 0 saturated heterocycles. The third-order valence-electron chi connectivity index (χ3n) is 6.12. The van der Waals surface area contributed by atoms with Crippen molar-refractivity contribution in [3.63, 3.8) is 0 Å². The number of ether oxygens (including phenoxy) is 4. The van der Waals surface area contributed by atoms with E-state index in [2.05, 4.69) is 0 Å². The van der Waals surface area contributed by atoms with E-state index in [9.17, 15) is 66.1 Å². The summed E-state index contributed by atoms with van der Waals surface area (Å²) in [5.41, 5.74) is -16.5. The van der Waals surface area contributed by atoms with E-state index in [0.717, 1.165) is 0 Å². The molecule has 0 aromatic carbocycles. The van der Waals surface area contributed by atoms with Crippen molar-refractivity contribution in [2.75, 3.05) is 73.4 Å². The molecule has 204 valence electrons. The van der Waals surface area contributed by atoms with Crippen LogP contribution in [0, 0.1) is 5.41 Å². The van der Waals surface area contributed by atoms with Gasteiger partial charge < -0.3 is 80.2 Å². The molecular formula is C17H34O17. The third kappa shape index (κ3) is 4.54. The molecule has 0 bridgehead atoms. The lowest BCUT2D eigenvalue weighted by molar-refractivity contribution is -0.395. The van der Waals surface area contributed by atoms with Gasteiger partial charge in [-0.2, -0.15) is 0 Å². The molecule has 0 rings (SSSR count). The monoisotopic (exact) mass is 510 g/mol. The molecule has 0 aliphatic rings. The van der Waals surface area contributed by atoms with Crippen LogP contribution in [0.3, 0.4) is 0 Å². The Morgan fingerprint density at radius 3 is 0.971 bits per heavy atom. The first-order valence-corrected chi connectivity index (χ1v) is 9.60. The summed E-state index contributed by atoms with van der Waals surface area (Å²) in [6.45, 7) is -17.1. The molecule has 17 nitrogen and oxygen atoms in total. The van der Waals surface area contributed by atoms with Crippen molar-refractivity contribution in [1.29, 1.82) is 0 Å². The molecule has 0 aromatic heterocycles. The summed E-state index contributed by atoms with van der Waals surface area (Å²) < 4.78 is 20.0. The minimum absolute atomic E-state index is 1.40. The van der Waals surface area contributed by atoms with Gasteiger partial charge in [0.25, 0.3) is 0 Å². The number of carboxylic acids is 1. The van der Waals surface area contributed by atoms with Crippen LogP contribution < -0.4 is 0 Å². The molecule has 0 radical (unpaired) electrons. The lowest BCUT2D eigenvalue weighted by Crippen LogP contribution is -2.87. The molecule has 0 fully saturated rings. The second kappa shape index (κ2) is 13.8. The Labute approximate surface area is 193 Å². The van der Waals surface area contributed by atoms with Crippen molar-refractivity contribution in [2.24, 2.45) is 5.41 Å². The Balaban J connectivity index is 8.48. The second-order valence-corrected chi connectivity index (χ2v) is 7.07. The quantitative estimate of drug-likeness (QED) is 0.0677. The number of aliphatic hydroxyl groups excluding tert-OH is 11. The fraction of sp³-hybridized carbons (Fsp3) is 0.941. The molecule has 0 amide bonds. The topological polar surface area (TPSA) is 297 Å². The average molecular weight is 510 g/mol. The summed E-state index contributed by atoms with van der Waals surface area (Å²) in [4.78, 5) is 13.1. The van der Waals surface area contributed by atoms with E-state index in [1.807, 2.05) is 0 Å². The van der Waals surface area contributed by atoms with Crippen LogP contribution in [0.15, 0.2) is 0 Å². The van der Waals surface area contributed by atoms with Gasteiger partial charge in [-0.25, -0.2) is 0 Å². The van der Waals surface area contributed by atoms with E-state index in [0.29, 0.717) is 0 Å². The van der Waals surface area contributed by atoms with E-state index in [4.69, 9.17) is 18.9 Å². The third-order valence-corrected chi connectivity index (χ3v) is 6.12. The van der Waals surface area contributed by atoms with Crippen LogP contribution in [-0.2, 0) is 23.7 Å². The number of aliphatic carboxylic acids is 1. The first kappa shape index (κ1) is 32.9. The number of hydrogen-bond donors (Lipinski definition) is 12. The molecule has 0 heterocycles. The fourth-order valence-electron chi connectivity index (χ4n) is 4.57. The van der Waals surface area contributed by atoms with Crippen LogP contribution in [0.1, 0.15) is 0 Å². The summed E-state index contributed by atoms with van der Waals surface area (Å²) in [7, 11) is 0. The summed E-state index contributed by atoms with van der Waals surface area (Å²) in [6, 6.07) is 0. The molecular weight excluding hydrogens is 476 g/mol. The smallest absolute Gasteiger partial charge is 0.319 e. The van der Waals surface area contributed by atoms with Gasteiger partial charge in [-0.1, -0.05) is 0 Å². The van der Waals surface area contributed by atoms with E-state index in [1.54, 1.807) is 0 Å². The highest BCUT2D eigenvalue weighted by molar-refractivity contribution is 5.81. The van der Waals surface area contributed by atoms with Gasteiger partial charge in [-0.15, -0.1) is 0 Å². The van der Waals surface area contributed by atoms with Crippen molar-refractivity contribution in [3.8, 4) is 0 Å². The van der Waals surface area contributed by atoms with Gasteiger partial charge in [0, 0.05) is 0 Å². The van der Waals surface area contributed by atoms with Crippen molar-refractivity contribution in [1.82, 2.24) is 0 Å². The van der Waals surface area contributed by atoms with Crippen LogP contribution in [0.2, 0.25) is 0 Å². The predicted molar refractivity (Wildman–Crippen MR) is 103 cm³/mol. The van der Waals surface area contributed by atoms with Gasteiger partial charge in [0.05, 0.1) is 46.2 Å². The first-order valence-electron chi connectivity index (χ1n) is 9.60. The van der Waals surface area contributed by atoms with Crippen LogP contribution in [0.25, 0.3) is 0 Å². The zero-order chi connectivity index (χ0) is 26.7. The van der Waals surface area contributed by atoms with E-state index >= 15 is 0 Å². The summed E-state index contributed by atoms with van der Waals surface area (Å²) >= 11 is 0. The van der Waals surface area contributed by atoms with Crippen LogP contribution in [0.4, 0.5) is 0 Å². The first-order chi connectivity index (χ1) is 16.1. The largest absolute Gasteiger partial charge is 0.481 e. The zero-order valence-corrected chi connectivity index (χ0v) is 18.2. The van der Waals surface area contributed by atoms with Crippen molar-refractivity contribution in [3.05, 3.63) is 0 Å². The maximum Gasteiger partial charge on any atom is 0.319 e. The zero-order valence-electron chi connectivity index (χ0n) is 18.2. The van der Waals surface area contributed by atoms with Gasteiger partial charge in [0.15, 0.2) is 5.41 Å². The normalized spacial score (nSPS) is 15.4. The highest BCUT2D eigenvalue weighted by atomic mass is 16.7. The molecule has 1 unspecified atom stereocenters. The summed E-state index contributed by atoms with van der Waals surface area (Å²) in [5, 5.41) is 120. The Morgan fingerprint density at radius 1 is 0.471 bits per heavy atom. The van der Waals surface area contributed by atoms with Gasteiger partial charge in [-0.05, 0) is 0 Å². The van der Waals surface area contributed by atoms with Gasteiger partial charge in [0.1, 0.15) is 49.6 Å². The standard InChI is InChI=1S/C17H34O17/c18-1-13(2-19,31-8-25)16(7-24,34-11-28)17(12(29)30,14(3-20,4-21)32-9-26)15(5-22,6-23)33-10-27/h18-28H,1-11H2,(H,29,30). The molecule has 0 saturated carbocycles. The summed E-state index contributed by atoms with van der Waals surface area (Å²) in [5.74, 6) is -2.36. The number of aliphatic hydroxyl groups is 11. The molecule has 12 N–H and O–H groups in total. The number of rotatable bonds is 20. The lowest BCUT2D eigenvalue weighted by Gasteiger charge is -2.64. The van der Waals surface area contributed by atoms with Gasteiger partial charge >= 0.3 is 5.97 Å². The summed E-state index contributed by atoms with van der Waals surface area (Å²) in [6.07, 6.45) is 0. The predicted octanol–water partition coefficient (Wildman–Crippen LogP) is -7.18. The van der Waals surface area contributed by atoms with Gasteiger partial charge in [0.2, 0.25) is 0 Å². The molecule has 0 spiro atoms. The SMILES string of the molecule is O=C(O)C(C(CO)(CO)OCO)(C(CO)(CO)OCO)C(CO)(OCO)C(CO)(CO)OCO. The van der Waals surface area contributed by atoms with Crippen molar-refractivity contribution in [2.45, 2.75) is 22.4 Å². The van der Waals surface area contributed by atoms with E-state index in [1.165, 1.54) is 0 Å². The van der Waals surface area contributed by atoms with Crippen molar-refractivity contribution >= 4 is 5.97 Å². The second-order valence-electron chi connectivity index (χ2n) is 7.07. The van der Waals surface area contributed by atoms with Crippen LogP contribution >= 0.6 is 0 Å². The molecule has 34 heavy (non-hydrogen) atoms. The maximum absolute atomic E-state index is 13.1. The number of carboxylic acid groups (broad SMARTS) is 1. The Morgan fingerprint density at radius 2 is 0.765 bits per heavy atom.